The van der Waals surface area contributed by atoms with Crippen LogP contribution < -0.4 is 5.32 Å². The minimum Gasteiger partial charge on any atom is -0.308 e. The van der Waals surface area contributed by atoms with Crippen LogP contribution in [-0.2, 0) is 13.0 Å². The summed E-state index contributed by atoms with van der Waals surface area (Å²) in [7, 11) is 0. The number of piperidine rings is 1. The second-order valence-electron chi connectivity index (χ2n) is 6.38. The minimum atomic E-state index is 0.623. The van der Waals surface area contributed by atoms with Crippen LogP contribution in [0.15, 0.2) is 24.3 Å². The van der Waals surface area contributed by atoms with Crippen molar-refractivity contribution in [1.82, 2.24) is 10.2 Å². The summed E-state index contributed by atoms with van der Waals surface area (Å²) in [5.74, 6) is 0. The Hall–Kier alpha value is -0.860. The van der Waals surface area contributed by atoms with E-state index in [2.05, 4.69) is 48.3 Å². The summed E-state index contributed by atoms with van der Waals surface area (Å²) in [6.07, 6.45) is 5.33. The van der Waals surface area contributed by atoms with E-state index in [0.29, 0.717) is 6.04 Å². The van der Waals surface area contributed by atoms with E-state index in [0.717, 1.165) is 18.6 Å². The van der Waals surface area contributed by atoms with E-state index >= 15 is 0 Å². The Labute approximate surface area is 117 Å². The van der Waals surface area contributed by atoms with Crippen LogP contribution >= 0.6 is 0 Å². The first-order chi connectivity index (χ1) is 9.24. The van der Waals surface area contributed by atoms with E-state index in [9.17, 15) is 0 Å². The van der Waals surface area contributed by atoms with E-state index in [1.807, 2.05) is 0 Å². The van der Waals surface area contributed by atoms with Gasteiger partial charge in [-0.05, 0) is 44.2 Å². The van der Waals surface area contributed by atoms with Crippen molar-refractivity contribution in [3.8, 4) is 0 Å². The van der Waals surface area contributed by atoms with Gasteiger partial charge in [0.15, 0.2) is 0 Å². The van der Waals surface area contributed by atoms with E-state index in [4.69, 9.17) is 0 Å². The molecule has 2 nitrogen and oxygen atoms in total. The number of benzene rings is 1. The zero-order chi connectivity index (χ0) is 13.2. The zero-order valence-corrected chi connectivity index (χ0v) is 12.2. The maximum atomic E-state index is 3.72. The molecule has 1 unspecified atom stereocenters. The summed E-state index contributed by atoms with van der Waals surface area (Å²) >= 11 is 0. The molecule has 0 bridgehead atoms. The van der Waals surface area contributed by atoms with Crippen molar-refractivity contribution in [2.45, 2.75) is 64.2 Å². The highest BCUT2D eigenvalue weighted by molar-refractivity contribution is 5.30. The summed E-state index contributed by atoms with van der Waals surface area (Å²) in [5, 5.41) is 3.72. The van der Waals surface area contributed by atoms with Gasteiger partial charge < -0.3 is 5.32 Å². The van der Waals surface area contributed by atoms with Crippen LogP contribution in [0.25, 0.3) is 0 Å². The summed E-state index contributed by atoms with van der Waals surface area (Å²) in [6.45, 7) is 7.03. The van der Waals surface area contributed by atoms with E-state index in [-0.39, 0.29) is 0 Å². The van der Waals surface area contributed by atoms with Crippen LogP contribution in [0, 0.1) is 0 Å². The molecular weight excluding hydrogens is 232 g/mol. The van der Waals surface area contributed by atoms with Gasteiger partial charge in [0.2, 0.25) is 0 Å². The van der Waals surface area contributed by atoms with Crippen LogP contribution in [0.3, 0.4) is 0 Å². The van der Waals surface area contributed by atoms with Crippen LogP contribution in [0.4, 0.5) is 0 Å². The smallest absolute Gasteiger partial charge is 0.0238 e. The van der Waals surface area contributed by atoms with Crippen LogP contribution in [0.5, 0.6) is 0 Å². The van der Waals surface area contributed by atoms with Gasteiger partial charge in [-0.3, -0.25) is 4.90 Å². The molecular formula is C17H26N2. The number of rotatable bonds is 2. The quantitative estimate of drug-likeness (QED) is 0.877. The van der Waals surface area contributed by atoms with Gasteiger partial charge >= 0.3 is 0 Å². The maximum Gasteiger partial charge on any atom is 0.0238 e. The van der Waals surface area contributed by atoms with E-state index < -0.39 is 0 Å². The first-order valence-corrected chi connectivity index (χ1v) is 7.80. The number of nitrogens with one attached hydrogen (secondary N) is 1. The standard InChI is InChI=1S/C17H26N2/c1-13-6-5-7-14(2)19(13)12-17-10-15-8-3-4-9-16(15)11-18-17/h3-4,8-9,13-14,17-18H,5-7,10-12H2,1-2H3/t13-,14+,17?. The fourth-order valence-electron chi connectivity index (χ4n) is 3.74. The molecule has 1 saturated heterocycles. The van der Waals surface area contributed by atoms with Crippen LogP contribution in [-0.4, -0.2) is 29.6 Å². The van der Waals surface area contributed by atoms with E-state index in [1.165, 1.54) is 37.8 Å². The predicted molar refractivity (Wildman–Crippen MR) is 80.3 cm³/mol. The largest absolute Gasteiger partial charge is 0.308 e. The Kier molecular flexibility index (Phi) is 3.90. The molecule has 0 spiro atoms. The number of hydrogen-bond acceptors (Lipinski definition) is 2. The Morgan fingerprint density at radius 3 is 2.53 bits per heavy atom. The van der Waals surface area contributed by atoms with Gasteiger partial charge in [-0.15, -0.1) is 0 Å². The van der Waals surface area contributed by atoms with Gasteiger partial charge in [0.1, 0.15) is 0 Å². The normalized spacial score (nSPS) is 32.0. The zero-order valence-electron chi connectivity index (χ0n) is 12.2. The molecule has 3 rings (SSSR count). The second kappa shape index (κ2) is 5.64. The molecule has 1 aromatic carbocycles. The van der Waals surface area contributed by atoms with Crippen molar-refractivity contribution in [1.29, 1.82) is 0 Å². The van der Waals surface area contributed by atoms with Crippen LogP contribution in [0.2, 0.25) is 0 Å². The SMILES string of the molecule is C[C@@H]1CCC[C@H](C)N1CC1Cc2ccccc2CN1. The summed E-state index contributed by atoms with van der Waals surface area (Å²) in [5.41, 5.74) is 3.03. The first-order valence-electron chi connectivity index (χ1n) is 7.80. The second-order valence-corrected chi connectivity index (χ2v) is 6.38. The molecule has 0 amide bonds. The lowest BCUT2D eigenvalue weighted by Gasteiger charge is -2.42. The molecule has 0 saturated carbocycles. The molecule has 0 aliphatic carbocycles. The molecule has 2 aliphatic rings. The minimum absolute atomic E-state index is 0.623. The highest BCUT2D eigenvalue weighted by atomic mass is 15.2. The van der Waals surface area contributed by atoms with Gasteiger partial charge in [0, 0.05) is 31.2 Å². The Balaban J connectivity index is 1.65. The molecule has 2 heterocycles. The monoisotopic (exact) mass is 258 g/mol. The number of fused-ring (bicyclic) bond motifs is 1. The topological polar surface area (TPSA) is 15.3 Å². The third-order valence-electron chi connectivity index (χ3n) is 4.97. The Bertz CT molecular complexity index is 419. The molecule has 0 radical (unpaired) electrons. The molecule has 19 heavy (non-hydrogen) atoms. The third kappa shape index (κ3) is 2.85. The first kappa shape index (κ1) is 13.1. The van der Waals surface area contributed by atoms with Crippen molar-refractivity contribution in [3.05, 3.63) is 35.4 Å². The highest BCUT2D eigenvalue weighted by Gasteiger charge is 2.28. The molecule has 1 N–H and O–H groups in total. The predicted octanol–water partition coefficient (Wildman–Crippen LogP) is 2.96. The number of nitrogens with zero attached hydrogens (tertiary/aromatic N) is 1. The van der Waals surface area contributed by atoms with E-state index in [1.54, 1.807) is 5.56 Å². The van der Waals surface area contributed by atoms with Gasteiger partial charge in [0.05, 0.1) is 0 Å². The van der Waals surface area contributed by atoms with Crippen molar-refractivity contribution in [2.75, 3.05) is 6.54 Å². The molecule has 1 aromatic rings. The number of likely N-dealkylation sites (tertiary alicyclic amines) is 1. The molecule has 2 aliphatic heterocycles. The van der Waals surface area contributed by atoms with Crippen molar-refractivity contribution >= 4 is 0 Å². The number of hydrogen-bond donors (Lipinski definition) is 1. The average Bonchev–Trinajstić information content (AvgIpc) is 2.43. The Morgan fingerprint density at radius 2 is 1.79 bits per heavy atom. The lowest BCUT2D eigenvalue weighted by Crippen LogP contribution is -2.52. The Morgan fingerprint density at radius 1 is 1.11 bits per heavy atom. The average molecular weight is 258 g/mol. The lowest BCUT2D eigenvalue weighted by molar-refractivity contribution is 0.0895. The summed E-state index contributed by atoms with van der Waals surface area (Å²) in [6, 6.07) is 11.0. The maximum absolute atomic E-state index is 3.72. The van der Waals surface area contributed by atoms with Gasteiger partial charge in [-0.2, -0.15) is 0 Å². The molecule has 3 atom stereocenters. The third-order valence-corrected chi connectivity index (χ3v) is 4.97. The summed E-state index contributed by atoms with van der Waals surface area (Å²) in [4.78, 5) is 2.72. The summed E-state index contributed by atoms with van der Waals surface area (Å²) < 4.78 is 0. The molecule has 1 fully saturated rings. The molecule has 0 aromatic heterocycles. The van der Waals surface area contributed by atoms with Crippen molar-refractivity contribution in [3.63, 3.8) is 0 Å². The van der Waals surface area contributed by atoms with Crippen molar-refractivity contribution in [2.24, 2.45) is 0 Å². The highest BCUT2D eigenvalue weighted by Crippen LogP contribution is 2.24. The van der Waals surface area contributed by atoms with Gasteiger partial charge in [-0.25, -0.2) is 0 Å². The fraction of sp³-hybridized carbons (Fsp3) is 0.647. The molecule has 2 heteroatoms. The fourth-order valence-corrected chi connectivity index (χ4v) is 3.74. The van der Waals surface area contributed by atoms with Crippen molar-refractivity contribution < 1.29 is 0 Å². The van der Waals surface area contributed by atoms with Crippen LogP contribution in [0.1, 0.15) is 44.2 Å². The lowest BCUT2D eigenvalue weighted by atomic mass is 9.92. The molecule has 104 valence electrons. The van der Waals surface area contributed by atoms with Gasteiger partial charge in [0.25, 0.3) is 0 Å². The van der Waals surface area contributed by atoms with Gasteiger partial charge in [-0.1, -0.05) is 30.7 Å².